The maximum atomic E-state index is 12.9. The highest BCUT2D eigenvalue weighted by molar-refractivity contribution is 7.14. The lowest BCUT2D eigenvalue weighted by molar-refractivity contribution is 0.0954. The minimum Gasteiger partial charge on any atom is -0.347 e. The molecule has 2 aliphatic heterocycles. The zero-order valence-corrected chi connectivity index (χ0v) is 19.0. The van der Waals surface area contributed by atoms with Crippen LogP contribution in [0.5, 0.6) is 0 Å². The first-order chi connectivity index (χ1) is 15.2. The molecule has 0 N–H and O–H groups in total. The van der Waals surface area contributed by atoms with E-state index in [1.54, 1.807) is 13.8 Å². The maximum Gasteiger partial charge on any atom is 0.229 e. The number of aromatic nitrogens is 2. The van der Waals surface area contributed by atoms with E-state index < -0.39 is 0 Å². The minimum atomic E-state index is -0.227. The normalized spacial score (nSPS) is 24.0. The van der Waals surface area contributed by atoms with Crippen molar-refractivity contribution in [3.8, 4) is 0 Å². The van der Waals surface area contributed by atoms with E-state index in [4.69, 9.17) is 0 Å². The molecule has 2 saturated heterocycles. The molecule has 4 aliphatic rings. The monoisotopic (exact) mass is 467 g/mol. The van der Waals surface area contributed by atoms with E-state index in [0.29, 0.717) is 44.3 Å². The van der Waals surface area contributed by atoms with Crippen molar-refractivity contribution in [1.29, 1.82) is 0 Å². The number of rotatable bonds is 4. The van der Waals surface area contributed by atoms with Crippen molar-refractivity contribution in [2.24, 2.45) is 0 Å². The molecule has 11 heteroatoms. The zero-order valence-electron chi connectivity index (χ0n) is 17.4. The fourth-order valence-electron chi connectivity index (χ4n) is 4.35. The van der Waals surface area contributed by atoms with Crippen molar-refractivity contribution in [3.63, 3.8) is 0 Å². The van der Waals surface area contributed by atoms with E-state index in [9.17, 15) is 19.2 Å². The molecule has 2 aromatic heterocycles. The maximum absolute atomic E-state index is 12.9. The Labute approximate surface area is 190 Å². The van der Waals surface area contributed by atoms with Crippen LogP contribution in [0.1, 0.15) is 50.3 Å². The summed E-state index contributed by atoms with van der Waals surface area (Å²) in [5.41, 5.74) is 1.20. The Kier molecular flexibility index (Phi) is 3.99. The third-order valence-corrected chi connectivity index (χ3v) is 8.05. The Balaban J connectivity index is 1.17. The largest absolute Gasteiger partial charge is 0.347 e. The van der Waals surface area contributed by atoms with Gasteiger partial charge in [0.05, 0.1) is 34.5 Å². The van der Waals surface area contributed by atoms with Gasteiger partial charge in [-0.2, -0.15) is 0 Å². The molecular weight excluding hydrogens is 450 g/mol. The molecule has 9 nitrogen and oxygen atoms in total. The van der Waals surface area contributed by atoms with Gasteiger partial charge in [0, 0.05) is 12.2 Å². The Morgan fingerprint density at radius 3 is 1.62 bits per heavy atom. The molecular formula is C21H17N5O4S2. The van der Waals surface area contributed by atoms with Crippen LogP contribution in [0.3, 0.4) is 0 Å². The molecule has 162 valence electrons. The number of hydrogen-bond acceptors (Lipinski definition) is 11. The fourth-order valence-corrected chi connectivity index (χ4v) is 6.00. The molecule has 2 unspecified atom stereocenters. The SMILES string of the molecule is Cc1nc2c(s1)C(=O)C=C(N1CC1N(C)C1CN1C1=CC(=O)c3sc(C)nc3C1=O)C2=O. The molecule has 0 amide bonds. The van der Waals surface area contributed by atoms with E-state index in [1.807, 2.05) is 16.8 Å². The number of ketones is 4. The Morgan fingerprint density at radius 2 is 1.22 bits per heavy atom. The molecule has 2 aliphatic carbocycles. The summed E-state index contributed by atoms with van der Waals surface area (Å²) in [5, 5.41) is 1.38. The molecule has 0 saturated carbocycles. The van der Waals surface area contributed by atoms with Crippen LogP contribution in [0.2, 0.25) is 0 Å². The number of hydrogen-bond donors (Lipinski definition) is 0. The fraction of sp³-hybridized carbons (Fsp3) is 0.333. The van der Waals surface area contributed by atoms with Gasteiger partial charge in [-0.25, -0.2) is 9.97 Å². The van der Waals surface area contributed by atoms with Gasteiger partial charge in [0.1, 0.15) is 33.5 Å². The van der Waals surface area contributed by atoms with E-state index >= 15 is 0 Å². The summed E-state index contributed by atoms with van der Waals surface area (Å²) in [6.45, 7) is 4.76. The first-order valence-corrected chi connectivity index (χ1v) is 11.7. The second-order valence-electron chi connectivity index (χ2n) is 8.20. The summed E-state index contributed by atoms with van der Waals surface area (Å²) in [6.07, 6.45) is 2.67. The lowest BCUT2D eigenvalue weighted by Gasteiger charge is -2.20. The molecule has 4 heterocycles. The quantitative estimate of drug-likeness (QED) is 0.621. The van der Waals surface area contributed by atoms with Gasteiger partial charge in [-0.3, -0.25) is 24.1 Å². The van der Waals surface area contributed by atoms with Crippen LogP contribution in [-0.2, 0) is 0 Å². The minimum absolute atomic E-state index is 0.0682. The molecule has 6 rings (SSSR count). The Morgan fingerprint density at radius 1 is 0.812 bits per heavy atom. The van der Waals surface area contributed by atoms with Gasteiger partial charge in [-0.1, -0.05) is 0 Å². The van der Waals surface area contributed by atoms with Gasteiger partial charge in [-0.15, -0.1) is 22.7 Å². The van der Waals surface area contributed by atoms with Crippen molar-refractivity contribution in [2.75, 3.05) is 20.1 Å². The number of carbonyl (C=O) groups excluding carboxylic acids is 4. The summed E-state index contributed by atoms with van der Waals surface area (Å²) in [6, 6.07) is 0. The van der Waals surface area contributed by atoms with Crippen molar-refractivity contribution >= 4 is 45.8 Å². The Bertz CT molecular complexity index is 1240. The molecule has 0 radical (unpaired) electrons. The molecule has 0 spiro atoms. The van der Waals surface area contributed by atoms with Crippen molar-refractivity contribution < 1.29 is 19.2 Å². The summed E-state index contributed by atoms with van der Waals surface area (Å²) < 4.78 is 0. The average molecular weight is 468 g/mol. The summed E-state index contributed by atoms with van der Waals surface area (Å²) >= 11 is 2.48. The van der Waals surface area contributed by atoms with Gasteiger partial charge in [0.15, 0.2) is 11.6 Å². The molecule has 32 heavy (non-hydrogen) atoms. The summed E-state index contributed by atoms with van der Waals surface area (Å²) in [4.78, 5) is 65.8. The molecule has 2 fully saturated rings. The van der Waals surface area contributed by atoms with Gasteiger partial charge < -0.3 is 9.80 Å². The number of fused-ring (bicyclic) bond motifs is 2. The first kappa shape index (κ1) is 19.6. The number of allylic oxidation sites excluding steroid dienone is 4. The van der Waals surface area contributed by atoms with E-state index in [-0.39, 0.29) is 46.9 Å². The number of Topliss-reactive ketones (excluding diaryl/α,β-unsaturated/α-hetero) is 2. The topological polar surface area (TPSA) is 103 Å². The number of aryl methyl sites for hydroxylation is 2. The second kappa shape index (κ2) is 6.50. The van der Waals surface area contributed by atoms with Crippen LogP contribution in [0, 0.1) is 13.8 Å². The number of nitrogens with zero attached hydrogens (tertiary/aromatic N) is 5. The summed E-state index contributed by atoms with van der Waals surface area (Å²) in [5.74, 6) is -0.829. The van der Waals surface area contributed by atoms with Crippen LogP contribution in [0.25, 0.3) is 0 Å². The molecule has 2 atom stereocenters. The molecule has 2 aromatic rings. The smallest absolute Gasteiger partial charge is 0.229 e. The summed E-state index contributed by atoms with van der Waals surface area (Å²) in [7, 11) is 1.91. The standard InChI is InChI=1S/C21H17N5O4S2/c1-8-22-16-18(29)10(4-12(27)20(16)31-8)25-6-14(25)24(3)15-7-26(15)11-5-13(28)21-17(19(11)30)23-9(2)32-21/h4-5,14-15H,6-7H2,1-3H3. The third kappa shape index (κ3) is 2.78. The van der Waals surface area contributed by atoms with Gasteiger partial charge in [0.25, 0.3) is 0 Å². The second-order valence-corrected chi connectivity index (χ2v) is 10.6. The highest BCUT2D eigenvalue weighted by Crippen LogP contribution is 2.39. The van der Waals surface area contributed by atoms with Crippen LogP contribution in [-0.4, -0.2) is 80.3 Å². The highest BCUT2D eigenvalue weighted by atomic mass is 32.1. The van der Waals surface area contributed by atoms with Crippen molar-refractivity contribution in [3.05, 3.63) is 54.7 Å². The van der Waals surface area contributed by atoms with E-state index in [1.165, 1.54) is 34.8 Å². The lowest BCUT2D eigenvalue weighted by atomic mass is 10.0. The van der Waals surface area contributed by atoms with Crippen molar-refractivity contribution in [1.82, 2.24) is 24.7 Å². The number of likely N-dealkylation sites (N-methyl/N-ethyl adjacent to an activating group) is 1. The van der Waals surface area contributed by atoms with Crippen LogP contribution >= 0.6 is 22.7 Å². The van der Waals surface area contributed by atoms with E-state index in [2.05, 4.69) is 14.9 Å². The van der Waals surface area contributed by atoms with E-state index in [0.717, 1.165) is 0 Å². The van der Waals surface area contributed by atoms with Gasteiger partial charge in [-0.05, 0) is 20.9 Å². The number of carbonyl (C=O) groups is 4. The number of thiazole rings is 2. The van der Waals surface area contributed by atoms with Gasteiger partial charge >= 0.3 is 0 Å². The predicted molar refractivity (Wildman–Crippen MR) is 116 cm³/mol. The first-order valence-electron chi connectivity index (χ1n) is 10.1. The van der Waals surface area contributed by atoms with Gasteiger partial charge in [0.2, 0.25) is 11.6 Å². The predicted octanol–water partition coefficient (Wildman–Crippen LogP) is 1.66. The molecule has 0 aromatic carbocycles. The average Bonchev–Trinajstić information content (AvgIpc) is 3.63. The molecule has 0 bridgehead atoms. The lowest BCUT2D eigenvalue weighted by Crippen LogP contribution is -2.33. The van der Waals surface area contributed by atoms with Crippen LogP contribution in [0.15, 0.2) is 23.5 Å². The van der Waals surface area contributed by atoms with Crippen LogP contribution < -0.4 is 0 Å². The Hall–Kier alpha value is -3.02. The third-order valence-electron chi connectivity index (χ3n) is 6.08. The zero-order chi connectivity index (χ0) is 22.5. The highest BCUT2D eigenvalue weighted by Gasteiger charge is 2.52. The van der Waals surface area contributed by atoms with Crippen molar-refractivity contribution in [2.45, 2.75) is 26.2 Å². The van der Waals surface area contributed by atoms with Crippen LogP contribution in [0.4, 0.5) is 0 Å².